The van der Waals surface area contributed by atoms with Gasteiger partial charge in [0, 0.05) is 12.1 Å². The summed E-state index contributed by atoms with van der Waals surface area (Å²) in [5.74, 6) is 0. The van der Waals surface area contributed by atoms with Gasteiger partial charge in [0.2, 0.25) is 5.52 Å². The molecule has 1 N–H and O–H groups in total. The number of benzene rings is 2. The van der Waals surface area contributed by atoms with Crippen molar-refractivity contribution in [1.82, 2.24) is 0 Å². The van der Waals surface area contributed by atoms with Crippen molar-refractivity contribution < 1.29 is 26.7 Å². The lowest BCUT2D eigenvalue weighted by molar-refractivity contribution is -0.670. The van der Waals surface area contributed by atoms with Crippen LogP contribution in [-0.4, -0.2) is 11.7 Å². The molecule has 2 nitrogen and oxygen atoms in total. The summed E-state index contributed by atoms with van der Waals surface area (Å²) in [4.78, 5) is 0. The Morgan fingerprint density at radius 1 is 0.952 bits per heavy atom. The fraction of sp³-hybridized carbons (Fsp3) is 0.118. The lowest BCUT2D eigenvalue weighted by atomic mass is 10.2. The van der Waals surface area contributed by atoms with Crippen molar-refractivity contribution in [3.8, 4) is 0 Å². The summed E-state index contributed by atoms with van der Waals surface area (Å²) in [6, 6.07) is 18.6. The number of para-hydroxylation sites is 1. The van der Waals surface area contributed by atoms with Crippen molar-refractivity contribution >= 4 is 33.7 Å². The first-order valence-electron chi connectivity index (χ1n) is 6.64. The van der Waals surface area contributed by atoms with Crippen molar-refractivity contribution in [2.24, 2.45) is 0 Å². The Kier molecular flexibility index (Phi) is 5.67. The van der Waals surface area contributed by atoms with Crippen LogP contribution in [0.15, 0.2) is 54.6 Å². The molecule has 0 aliphatic carbocycles. The Labute approximate surface area is 138 Å². The molecule has 0 bridgehead atoms. The van der Waals surface area contributed by atoms with E-state index in [1.807, 2.05) is 30.3 Å². The van der Waals surface area contributed by atoms with E-state index in [1.165, 1.54) is 15.8 Å². The number of aliphatic hydroxyl groups excluding tert-OH is 1. The van der Waals surface area contributed by atoms with Gasteiger partial charge in [-0.1, -0.05) is 53.8 Å². The molecule has 0 aliphatic heterocycles. The van der Waals surface area contributed by atoms with E-state index in [-0.39, 0.29) is 23.6 Å². The molecule has 3 aromatic rings. The fourth-order valence-electron chi connectivity index (χ4n) is 2.24. The van der Waals surface area contributed by atoms with Crippen LogP contribution in [0.1, 0.15) is 10.6 Å². The van der Waals surface area contributed by atoms with E-state index in [1.54, 1.807) is 11.3 Å². The van der Waals surface area contributed by atoms with Crippen molar-refractivity contribution in [2.75, 3.05) is 6.61 Å². The van der Waals surface area contributed by atoms with Crippen LogP contribution in [-0.2, 0) is 6.54 Å². The standard InChI is InChI=1S/C17H16NOS.BrH/c19-13-12-18-15-8-4-5-9-16(15)20-17(18)11-10-14-6-2-1-3-7-14;/h1-11,19H,12-13H2;1H/q+1;/p-1. The van der Waals surface area contributed by atoms with Gasteiger partial charge in [-0.05, 0) is 17.7 Å². The van der Waals surface area contributed by atoms with Crippen LogP contribution < -0.4 is 21.5 Å². The quantitative estimate of drug-likeness (QED) is 0.666. The second-order valence-corrected chi connectivity index (χ2v) is 5.59. The average Bonchev–Trinajstić information content (AvgIpc) is 2.85. The number of rotatable bonds is 4. The number of fused-ring (bicyclic) bond motifs is 1. The molecule has 0 saturated heterocycles. The highest BCUT2D eigenvalue weighted by atomic mass is 79.9. The van der Waals surface area contributed by atoms with Crippen molar-refractivity contribution in [1.29, 1.82) is 0 Å². The second kappa shape index (κ2) is 7.50. The summed E-state index contributed by atoms with van der Waals surface area (Å²) in [6.07, 6.45) is 4.23. The van der Waals surface area contributed by atoms with Gasteiger partial charge >= 0.3 is 0 Å². The highest BCUT2D eigenvalue weighted by molar-refractivity contribution is 7.18. The maximum atomic E-state index is 9.27. The molecule has 0 unspecified atom stereocenters. The first-order chi connectivity index (χ1) is 9.88. The number of nitrogens with zero attached hydrogens (tertiary/aromatic N) is 1. The van der Waals surface area contributed by atoms with Crippen LogP contribution in [0.5, 0.6) is 0 Å². The third-order valence-electron chi connectivity index (χ3n) is 3.18. The molecule has 21 heavy (non-hydrogen) atoms. The van der Waals surface area contributed by atoms with Gasteiger partial charge < -0.3 is 22.1 Å². The zero-order valence-corrected chi connectivity index (χ0v) is 13.8. The summed E-state index contributed by atoms with van der Waals surface area (Å²) < 4.78 is 3.41. The molecular weight excluding hydrogens is 346 g/mol. The predicted molar refractivity (Wildman–Crippen MR) is 84.5 cm³/mol. The molecule has 1 heterocycles. The van der Waals surface area contributed by atoms with E-state index < -0.39 is 0 Å². The molecule has 0 radical (unpaired) electrons. The SMILES string of the molecule is OCC[n+]1c(C=Cc2ccccc2)sc2ccccc21.[Br-]. The van der Waals surface area contributed by atoms with Gasteiger partial charge in [-0.25, -0.2) is 0 Å². The van der Waals surface area contributed by atoms with Crippen LogP contribution in [0.4, 0.5) is 0 Å². The molecule has 0 saturated carbocycles. The van der Waals surface area contributed by atoms with E-state index >= 15 is 0 Å². The minimum atomic E-state index is 0. The molecule has 3 rings (SSSR count). The largest absolute Gasteiger partial charge is 1.00 e. The lowest BCUT2D eigenvalue weighted by Crippen LogP contribution is -3.00. The summed E-state index contributed by atoms with van der Waals surface area (Å²) in [6.45, 7) is 0.774. The van der Waals surface area contributed by atoms with Crippen LogP contribution in [0.25, 0.3) is 22.4 Å². The van der Waals surface area contributed by atoms with Gasteiger partial charge in [0.1, 0.15) is 11.3 Å². The third kappa shape index (κ3) is 3.59. The Hall–Kier alpha value is -1.49. The molecular formula is C17H16BrNOS. The van der Waals surface area contributed by atoms with Crippen LogP contribution in [0, 0.1) is 0 Å². The van der Waals surface area contributed by atoms with Crippen LogP contribution in [0.2, 0.25) is 0 Å². The van der Waals surface area contributed by atoms with E-state index in [0.29, 0.717) is 6.54 Å². The van der Waals surface area contributed by atoms with E-state index in [0.717, 1.165) is 5.01 Å². The number of aromatic nitrogens is 1. The van der Waals surface area contributed by atoms with Gasteiger partial charge in [0.05, 0.1) is 0 Å². The van der Waals surface area contributed by atoms with Crippen LogP contribution >= 0.6 is 11.3 Å². The minimum absolute atomic E-state index is 0. The van der Waals surface area contributed by atoms with E-state index in [2.05, 4.69) is 41.0 Å². The molecule has 0 atom stereocenters. The van der Waals surface area contributed by atoms with Crippen molar-refractivity contribution in [3.63, 3.8) is 0 Å². The van der Waals surface area contributed by atoms with Gasteiger partial charge in [0.15, 0.2) is 6.54 Å². The second-order valence-electron chi connectivity index (χ2n) is 4.53. The van der Waals surface area contributed by atoms with Gasteiger partial charge in [-0.3, -0.25) is 0 Å². The summed E-state index contributed by atoms with van der Waals surface area (Å²) in [5, 5.41) is 10.4. The number of hydrogen-bond acceptors (Lipinski definition) is 2. The molecule has 108 valence electrons. The zero-order valence-electron chi connectivity index (χ0n) is 11.4. The maximum absolute atomic E-state index is 9.27. The Bertz CT molecular complexity index is 737. The Balaban J connectivity index is 0.00000161. The monoisotopic (exact) mass is 361 g/mol. The molecule has 4 heteroatoms. The van der Waals surface area contributed by atoms with Crippen molar-refractivity contribution in [3.05, 3.63) is 65.2 Å². The number of thiazole rings is 1. The summed E-state index contributed by atoms with van der Waals surface area (Å²) in [7, 11) is 0. The first-order valence-corrected chi connectivity index (χ1v) is 7.45. The molecule has 0 spiro atoms. The van der Waals surface area contributed by atoms with Crippen LogP contribution in [0.3, 0.4) is 0 Å². The predicted octanol–water partition coefficient (Wildman–Crippen LogP) is 0.355. The van der Waals surface area contributed by atoms with Crippen molar-refractivity contribution in [2.45, 2.75) is 6.54 Å². The highest BCUT2D eigenvalue weighted by Gasteiger charge is 2.17. The summed E-state index contributed by atoms with van der Waals surface area (Å²) >= 11 is 1.75. The highest BCUT2D eigenvalue weighted by Crippen LogP contribution is 2.21. The number of aliphatic hydroxyl groups is 1. The minimum Gasteiger partial charge on any atom is -1.00 e. The maximum Gasteiger partial charge on any atom is 0.262 e. The van der Waals surface area contributed by atoms with E-state index in [4.69, 9.17) is 0 Å². The number of hydrogen-bond donors (Lipinski definition) is 1. The molecule has 2 aromatic carbocycles. The van der Waals surface area contributed by atoms with Gasteiger partial charge in [-0.15, -0.1) is 0 Å². The molecule has 0 fully saturated rings. The van der Waals surface area contributed by atoms with Gasteiger partial charge in [0.25, 0.3) is 5.01 Å². The normalized spacial score (nSPS) is 10.9. The average molecular weight is 362 g/mol. The number of halogens is 1. The summed E-state index contributed by atoms with van der Waals surface area (Å²) in [5.41, 5.74) is 2.36. The molecule has 1 aromatic heterocycles. The fourth-order valence-corrected chi connectivity index (χ4v) is 3.33. The Morgan fingerprint density at radius 2 is 1.67 bits per heavy atom. The molecule has 0 amide bonds. The van der Waals surface area contributed by atoms with E-state index in [9.17, 15) is 5.11 Å². The third-order valence-corrected chi connectivity index (χ3v) is 4.31. The lowest BCUT2D eigenvalue weighted by Gasteiger charge is -1.94. The Morgan fingerprint density at radius 3 is 2.43 bits per heavy atom. The van der Waals surface area contributed by atoms with Gasteiger partial charge in [-0.2, -0.15) is 4.57 Å². The first kappa shape index (κ1) is 15.9. The topological polar surface area (TPSA) is 24.1 Å². The zero-order chi connectivity index (χ0) is 13.8. The molecule has 0 aliphatic rings. The smallest absolute Gasteiger partial charge is 0.262 e.